The van der Waals surface area contributed by atoms with E-state index in [0.717, 1.165) is 44.9 Å². The van der Waals surface area contributed by atoms with E-state index < -0.39 is 0 Å². The van der Waals surface area contributed by atoms with Crippen LogP contribution in [0.15, 0.2) is 6.20 Å². The van der Waals surface area contributed by atoms with Crippen molar-refractivity contribution in [3.05, 3.63) is 17.5 Å². The van der Waals surface area contributed by atoms with Gasteiger partial charge in [0.05, 0.1) is 25.0 Å². The molecule has 1 atom stereocenters. The summed E-state index contributed by atoms with van der Waals surface area (Å²) in [6, 6.07) is 0.188. The molecular weight excluding hydrogens is 316 g/mol. The van der Waals surface area contributed by atoms with Gasteiger partial charge in [0.15, 0.2) is 0 Å². The average molecular weight is 346 g/mol. The van der Waals surface area contributed by atoms with Gasteiger partial charge in [-0.3, -0.25) is 4.68 Å². The second-order valence-electron chi connectivity index (χ2n) is 7.90. The lowest BCUT2D eigenvalue weighted by Crippen LogP contribution is -2.46. The summed E-state index contributed by atoms with van der Waals surface area (Å²) in [6.07, 6.45) is 9.60. The summed E-state index contributed by atoms with van der Waals surface area (Å²) in [5, 5.41) is 4.69. The molecule has 1 saturated carbocycles. The van der Waals surface area contributed by atoms with Gasteiger partial charge in [0.1, 0.15) is 0 Å². The van der Waals surface area contributed by atoms with Crippen molar-refractivity contribution in [2.24, 2.45) is 5.92 Å². The summed E-state index contributed by atoms with van der Waals surface area (Å²) < 4.78 is 7.71. The van der Waals surface area contributed by atoms with Gasteiger partial charge in [0.25, 0.3) is 0 Å². The number of hydrogen-bond donors (Lipinski definition) is 0. The van der Waals surface area contributed by atoms with Crippen LogP contribution >= 0.6 is 0 Å². The van der Waals surface area contributed by atoms with E-state index in [1.807, 2.05) is 16.0 Å². The summed E-state index contributed by atoms with van der Waals surface area (Å²) in [7, 11) is 1.75. The first kappa shape index (κ1) is 16.9. The highest BCUT2D eigenvalue weighted by Gasteiger charge is 2.34. The van der Waals surface area contributed by atoms with E-state index in [-0.39, 0.29) is 11.9 Å². The molecule has 0 unspecified atom stereocenters. The van der Waals surface area contributed by atoms with Gasteiger partial charge in [-0.15, -0.1) is 0 Å². The summed E-state index contributed by atoms with van der Waals surface area (Å²) in [5.41, 5.74) is 2.51. The molecule has 6 heteroatoms. The summed E-state index contributed by atoms with van der Waals surface area (Å²) in [4.78, 5) is 16.8. The SMILES string of the molecule is COC[C@H]1CN(C(=O)N2CCCC2)Cc2cnn(CC3CCCC3)c21. The number of ether oxygens (including phenoxy) is 1. The van der Waals surface area contributed by atoms with Crippen molar-refractivity contribution in [2.75, 3.05) is 33.4 Å². The first-order valence-corrected chi connectivity index (χ1v) is 9.83. The molecule has 2 amide bonds. The number of amides is 2. The van der Waals surface area contributed by atoms with Crippen molar-refractivity contribution in [1.82, 2.24) is 19.6 Å². The molecule has 0 N–H and O–H groups in total. The van der Waals surface area contributed by atoms with Gasteiger partial charge in [-0.05, 0) is 31.6 Å². The molecule has 25 heavy (non-hydrogen) atoms. The fourth-order valence-electron chi connectivity index (χ4n) is 4.82. The van der Waals surface area contributed by atoms with Crippen molar-refractivity contribution in [3.8, 4) is 0 Å². The van der Waals surface area contributed by atoms with Crippen molar-refractivity contribution < 1.29 is 9.53 Å². The van der Waals surface area contributed by atoms with E-state index in [9.17, 15) is 4.79 Å². The molecule has 1 aromatic heterocycles. The second-order valence-corrected chi connectivity index (χ2v) is 7.90. The quantitative estimate of drug-likeness (QED) is 0.842. The number of hydrogen-bond acceptors (Lipinski definition) is 3. The maximum absolute atomic E-state index is 12.8. The summed E-state index contributed by atoms with van der Waals surface area (Å²) in [5.74, 6) is 0.987. The predicted molar refractivity (Wildman–Crippen MR) is 95.4 cm³/mol. The minimum absolute atomic E-state index is 0.188. The normalized spacial score (nSPS) is 24.1. The number of rotatable bonds is 4. The zero-order valence-corrected chi connectivity index (χ0v) is 15.3. The zero-order valence-electron chi connectivity index (χ0n) is 15.3. The number of carbonyl (C=O) groups is 1. The average Bonchev–Trinajstić information content (AvgIpc) is 3.37. The highest BCUT2D eigenvalue weighted by Crippen LogP contribution is 2.32. The van der Waals surface area contributed by atoms with Gasteiger partial charge in [0, 0.05) is 44.8 Å². The third-order valence-electron chi connectivity index (χ3n) is 6.07. The molecule has 2 fully saturated rings. The topological polar surface area (TPSA) is 50.6 Å². The Balaban J connectivity index is 1.53. The second kappa shape index (κ2) is 7.36. The Morgan fingerprint density at radius 3 is 2.68 bits per heavy atom. The van der Waals surface area contributed by atoms with Crippen molar-refractivity contribution in [2.45, 2.75) is 57.5 Å². The molecule has 2 aliphatic heterocycles. The summed E-state index contributed by atoms with van der Waals surface area (Å²) >= 11 is 0. The highest BCUT2D eigenvalue weighted by molar-refractivity contribution is 5.75. The van der Waals surface area contributed by atoms with E-state index >= 15 is 0 Å². The maximum atomic E-state index is 12.8. The molecule has 1 aromatic rings. The predicted octanol–water partition coefficient (Wildman–Crippen LogP) is 2.83. The fourth-order valence-corrected chi connectivity index (χ4v) is 4.82. The lowest BCUT2D eigenvalue weighted by Gasteiger charge is -2.35. The van der Waals surface area contributed by atoms with Crippen LogP contribution < -0.4 is 0 Å². The van der Waals surface area contributed by atoms with E-state index in [0.29, 0.717) is 13.2 Å². The van der Waals surface area contributed by atoms with Crippen LogP contribution in [0, 0.1) is 5.92 Å². The minimum atomic E-state index is 0.188. The van der Waals surface area contributed by atoms with Gasteiger partial charge < -0.3 is 14.5 Å². The van der Waals surface area contributed by atoms with E-state index in [4.69, 9.17) is 9.84 Å². The lowest BCUT2D eigenvalue weighted by atomic mass is 9.96. The Kier molecular flexibility index (Phi) is 4.97. The van der Waals surface area contributed by atoms with Crippen molar-refractivity contribution >= 4 is 6.03 Å². The third kappa shape index (κ3) is 3.41. The molecule has 3 aliphatic rings. The molecule has 3 heterocycles. The van der Waals surface area contributed by atoms with E-state index in [1.54, 1.807) is 7.11 Å². The van der Waals surface area contributed by atoms with Crippen LogP contribution in [-0.4, -0.2) is 59.0 Å². The molecule has 0 spiro atoms. The molecule has 1 aliphatic carbocycles. The number of urea groups is 1. The molecule has 1 saturated heterocycles. The van der Waals surface area contributed by atoms with Crippen LogP contribution in [0.1, 0.15) is 55.7 Å². The molecule has 4 rings (SSSR count). The van der Waals surface area contributed by atoms with Crippen LogP contribution in [-0.2, 0) is 17.8 Å². The molecule has 0 bridgehead atoms. The Morgan fingerprint density at radius 1 is 1.20 bits per heavy atom. The van der Waals surface area contributed by atoms with Crippen molar-refractivity contribution in [3.63, 3.8) is 0 Å². The lowest BCUT2D eigenvalue weighted by molar-refractivity contribution is 0.123. The van der Waals surface area contributed by atoms with E-state index in [2.05, 4.69) is 4.68 Å². The molecule has 0 aromatic carbocycles. The number of nitrogens with zero attached hydrogens (tertiary/aromatic N) is 4. The Labute approximate surface area is 150 Å². The Morgan fingerprint density at radius 2 is 1.96 bits per heavy atom. The first-order chi connectivity index (χ1) is 12.3. The van der Waals surface area contributed by atoms with Crippen molar-refractivity contribution in [1.29, 1.82) is 0 Å². The number of methoxy groups -OCH3 is 1. The standard InChI is InChI=1S/C19H30N4O2/c1-25-14-17-13-22(19(24)21-8-4-5-9-21)12-16-10-20-23(18(16)17)11-15-6-2-3-7-15/h10,15,17H,2-9,11-14H2,1H3/t17-/m1/s1. The monoisotopic (exact) mass is 346 g/mol. The number of fused-ring (bicyclic) bond motifs is 1. The molecule has 0 radical (unpaired) electrons. The number of likely N-dealkylation sites (tertiary alicyclic amines) is 1. The maximum Gasteiger partial charge on any atom is 0.320 e. The van der Waals surface area contributed by atoms with Crippen LogP contribution in [0.5, 0.6) is 0 Å². The molecule has 6 nitrogen and oxygen atoms in total. The number of aromatic nitrogens is 2. The third-order valence-corrected chi connectivity index (χ3v) is 6.07. The smallest absolute Gasteiger partial charge is 0.320 e. The van der Waals surface area contributed by atoms with Gasteiger partial charge in [-0.25, -0.2) is 4.79 Å². The van der Waals surface area contributed by atoms with Gasteiger partial charge in [-0.1, -0.05) is 12.8 Å². The largest absolute Gasteiger partial charge is 0.384 e. The van der Waals surface area contributed by atoms with E-state index in [1.165, 1.54) is 36.9 Å². The molecule has 138 valence electrons. The van der Waals surface area contributed by atoms with Gasteiger partial charge in [0.2, 0.25) is 0 Å². The Bertz CT molecular complexity index is 603. The zero-order chi connectivity index (χ0) is 17.2. The van der Waals surface area contributed by atoms with Gasteiger partial charge >= 0.3 is 6.03 Å². The van der Waals surface area contributed by atoms with Crippen LogP contribution in [0.2, 0.25) is 0 Å². The first-order valence-electron chi connectivity index (χ1n) is 9.83. The highest BCUT2D eigenvalue weighted by atomic mass is 16.5. The number of carbonyl (C=O) groups excluding carboxylic acids is 1. The molecular formula is C19H30N4O2. The van der Waals surface area contributed by atoms with Gasteiger partial charge in [-0.2, -0.15) is 5.10 Å². The summed E-state index contributed by atoms with van der Waals surface area (Å²) in [6.45, 7) is 4.90. The van der Waals surface area contributed by atoms with Crippen LogP contribution in [0.4, 0.5) is 4.79 Å². The minimum Gasteiger partial charge on any atom is -0.384 e. The van der Waals surface area contributed by atoms with Crippen LogP contribution in [0.25, 0.3) is 0 Å². The van der Waals surface area contributed by atoms with Crippen LogP contribution in [0.3, 0.4) is 0 Å². The fraction of sp³-hybridized carbons (Fsp3) is 0.789. The Hall–Kier alpha value is -1.56.